The number of benzene rings is 1. The third-order valence-electron chi connectivity index (χ3n) is 4.00. The molecule has 0 unspecified atom stereocenters. The smallest absolute Gasteiger partial charge is 0.268 e. The summed E-state index contributed by atoms with van der Waals surface area (Å²) < 4.78 is 28.1. The van der Waals surface area contributed by atoms with Gasteiger partial charge in [-0.25, -0.2) is 12.7 Å². The molecule has 136 valence electrons. The molecular formula is C17H17ClN4O3S. The van der Waals surface area contributed by atoms with Gasteiger partial charge < -0.3 is 0 Å². The monoisotopic (exact) mass is 392 g/mol. The molecular weight excluding hydrogens is 376 g/mol. The van der Waals surface area contributed by atoms with Crippen molar-refractivity contribution >= 4 is 38.4 Å². The maximum atomic E-state index is 13.0. The molecule has 3 rings (SSSR count). The topological polar surface area (TPSA) is 85.2 Å². The van der Waals surface area contributed by atoms with E-state index >= 15 is 0 Å². The first-order valence-corrected chi connectivity index (χ1v) is 9.70. The van der Waals surface area contributed by atoms with Gasteiger partial charge in [-0.3, -0.25) is 14.5 Å². The van der Waals surface area contributed by atoms with Crippen LogP contribution in [0.4, 0.5) is 0 Å². The van der Waals surface area contributed by atoms with Crippen molar-refractivity contribution in [2.24, 2.45) is 7.05 Å². The lowest BCUT2D eigenvalue weighted by atomic mass is 10.1. The molecule has 2 aromatic heterocycles. The van der Waals surface area contributed by atoms with Crippen LogP contribution < -0.4 is 0 Å². The first-order chi connectivity index (χ1) is 12.3. The highest BCUT2D eigenvalue weighted by molar-refractivity contribution is 7.89. The standard InChI is InChI=1S/C17H17ClN4O3S/c1-4-22(26(24,25)15-11(2)20-21(3)16(15)18)17(23)13-9-12-7-5-6-8-14(12)19-10-13/h5-10H,4H2,1-3H3. The molecule has 0 atom stereocenters. The molecule has 0 aliphatic carbocycles. The number of sulfonamides is 1. The number of pyridine rings is 1. The lowest BCUT2D eigenvalue weighted by Crippen LogP contribution is -2.37. The average Bonchev–Trinajstić information content (AvgIpc) is 2.87. The predicted octanol–water partition coefficient (Wildman–Crippen LogP) is 2.78. The van der Waals surface area contributed by atoms with Crippen LogP contribution in [-0.4, -0.2) is 39.9 Å². The quantitative estimate of drug-likeness (QED) is 0.681. The van der Waals surface area contributed by atoms with Crippen LogP contribution in [0.5, 0.6) is 0 Å². The van der Waals surface area contributed by atoms with E-state index in [0.717, 1.165) is 15.2 Å². The SMILES string of the molecule is CCN(C(=O)c1cnc2ccccc2c1)S(=O)(=O)c1c(C)nn(C)c1Cl. The summed E-state index contributed by atoms with van der Waals surface area (Å²) in [6, 6.07) is 8.92. The molecule has 1 aromatic carbocycles. The molecule has 0 bridgehead atoms. The number of para-hydroxylation sites is 1. The lowest BCUT2D eigenvalue weighted by molar-refractivity contribution is 0.0866. The summed E-state index contributed by atoms with van der Waals surface area (Å²) in [5.74, 6) is -0.662. The lowest BCUT2D eigenvalue weighted by Gasteiger charge is -2.20. The van der Waals surface area contributed by atoms with Gasteiger partial charge in [0.2, 0.25) is 0 Å². The van der Waals surface area contributed by atoms with Crippen LogP contribution in [0.25, 0.3) is 10.9 Å². The zero-order chi connectivity index (χ0) is 19.1. The summed E-state index contributed by atoms with van der Waals surface area (Å²) in [4.78, 5) is 17.0. The molecule has 0 spiro atoms. The molecule has 0 saturated heterocycles. The van der Waals surface area contributed by atoms with Gasteiger partial charge in [0.25, 0.3) is 15.9 Å². The molecule has 2 heterocycles. The van der Waals surface area contributed by atoms with Crippen molar-refractivity contribution in [2.45, 2.75) is 18.7 Å². The normalized spacial score (nSPS) is 11.7. The molecule has 26 heavy (non-hydrogen) atoms. The fourth-order valence-corrected chi connectivity index (χ4v) is 4.88. The Kier molecular flexibility index (Phi) is 4.72. The molecule has 1 amide bonds. The largest absolute Gasteiger partial charge is 0.271 e. The van der Waals surface area contributed by atoms with Crippen LogP contribution in [0, 0.1) is 6.92 Å². The minimum Gasteiger partial charge on any atom is -0.268 e. The average molecular weight is 393 g/mol. The number of fused-ring (bicyclic) bond motifs is 1. The number of halogens is 1. The van der Waals surface area contributed by atoms with Crippen molar-refractivity contribution in [1.29, 1.82) is 0 Å². The van der Waals surface area contributed by atoms with Gasteiger partial charge in [-0.2, -0.15) is 5.10 Å². The highest BCUT2D eigenvalue weighted by Gasteiger charge is 2.34. The van der Waals surface area contributed by atoms with Gasteiger partial charge in [-0.1, -0.05) is 29.8 Å². The second kappa shape index (κ2) is 6.69. The Hall–Kier alpha value is -2.45. The maximum Gasteiger partial charge on any atom is 0.271 e. The summed E-state index contributed by atoms with van der Waals surface area (Å²) in [6.45, 7) is 3.08. The van der Waals surface area contributed by atoms with Crippen LogP contribution >= 0.6 is 11.6 Å². The minimum absolute atomic E-state index is 0.0367. The van der Waals surface area contributed by atoms with E-state index in [1.807, 2.05) is 24.3 Å². The van der Waals surface area contributed by atoms with Crippen molar-refractivity contribution in [3.05, 3.63) is 52.9 Å². The molecule has 0 N–H and O–H groups in total. The molecule has 7 nitrogen and oxygen atoms in total. The van der Waals surface area contributed by atoms with Crippen molar-refractivity contribution in [1.82, 2.24) is 19.1 Å². The number of carbonyl (C=O) groups excluding carboxylic acids is 1. The van der Waals surface area contributed by atoms with E-state index in [9.17, 15) is 13.2 Å². The van der Waals surface area contributed by atoms with Crippen LogP contribution in [0.2, 0.25) is 5.15 Å². The fraction of sp³-hybridized carbons (Fsp3) is 0.235. The third kappa shape index (κ3) is 2.95. The van der Waals surface area contributed by atoms with Crippen LogP contribution in [0.1, 0.15) is 23.0 Å². The molecule has 0 aliphatic rings. The summed E-state index contributed by atoms with van der Waals surface area (Å²) in [7, 11) is -2.61. The zero-order valence-corrected chi connectivity index (χ0v) is 16.0. The van der Waals surface area contributed by atoms with E-state index in [0.29, 0.717) is 0 Å². The van der Waals surface area contributed by atoms with Crippen molar-refractivity contribution in [3.63, 3.8) is 0 Å². The van der Waals surface area contributed by atoms with Crippen molar-refractivity contribution in [2.75, 3.05) is 6.54 Å². The Bertz CT molecular complexity index is 1110. The van der Waals surface area contributed by atoms with Crippen molar-refractivity contribution < 1.29 is 13.2 Å². The fourth-order valence-electron chi connectivity index (χ4n) is 2.77. The Labute approximate surface area is 156 Å². The molecule has 0 fully saturated rings. The van der Waals surface area contributed by atoms with Gasteiger partial charge >= 0.3 is 0 Å². The van der Waals surface area contributed by atoms with Gasteiger partial charge in [0.05, 0.1) is 16.8 Å². The number of aromatic nitrogens is 3. The van der Waals surface area contributed by atoms with Crippen LogP contribution in [-0.2, 0) is 17.1 Å². The van der Waals surface area contributed by atoms with E-state index in [2.05, 4.69) is 10.1 Å². The maximum absolute atomic E-state index is 13.0. The second-order valence-electron chi connectivity index (χ2n) is 5.72. The zero-order valence-electron chi connectivity index (χ0n) is 14.5. The number of carbonyl (C=O) groups is 1. The Morgan fingerprint density at radius 3 is 2.62 bits per heavy atom. The Morgan fingerprint density at radius 1 is 1.31 bits per heavy atom. The summed E-state index contributed by atoms with van der Waals surface area (Å²) in [5, 5.41) is 4.74. The van der Waals surface area contributed by atoms with E-state index in [4.69, 9.17) is 11.6 Å². The number of hydrogen-bond donors (Lipinski definition) is 0. The summed E-state index contributed by atoms with van der Waals surface area (Å²) in [5.41, 5.74) is 1.15. The van der Waals surface area contributed by atoms with Crippen LogP contribution in [0.15, 0.2) is 41.4 Å². The number of nitrogens with zero attached hydrogens (tertiary/aromatic N) is 4. The number of rotatable bonds is 4. The molecule has 0 radical (unpaired) electrons. The third-order valence-corrected chi connectivity index (χ3v) is 6.55. The predicted molar refractivity (Wildman–Crippen MR) is 98.6 cm³/mol. The molecule has 9 heteroatoms. The van der Waals surface area contributed by atoms with Crippen LogP contribution in [0.3, 0.4) is 0 Å². The summed E-state index contributed by atoms with van der Waals surface area (Å²) >= 11 is 6.10. The number of hydrogen-bond acceptors (Lipinski definition) is 5. The molecule has 0 saturated carbocycles. The van der Waals surface area contributed by atoms with Gasteiger partial charge in [-0.15, -0.1) is 0 Å². The van der Waals surface area contributed by atoms with Gasteiger partial charge in [0, 0.05) is 25.2 Å². The van der Waals surface area contributed by atoms with E-state index in [1.54, 1.807) is 20.0 Å². The highest BCUT2D eigenvalue weighted by atomic mass is 35.5. The van der Waals surface area contributed by atoms with Gasteiger partial charge in [0.1, 0.15) is 10.0 Å². The number of aryl methyl sites for hydroxylation is 2. The first-order valence-electron chi connectivity index (χ1n) is 7.88. The number of amides is 1. The Balaban J connectivity index is 2.07. The molecule has 0 aliphatic heterocycles. The van der Waals surface area contributed by atoms with Gasteiger partial charge in [0.15, 0.2) is 0 Å². The minimum atomic E-state index is -4.15. The van der Waals surface area contributed by atoms with Gasteiger partial charge in [-0.05, 0) is 26.0 Å². The highest BCUT2D eigenvalue weighted by Crippen LogP contribution is 2.28. The summed E-state index contributed by atoms with van der Waals surface area (Å²) in [6.07, 6.45) is 1.38. The van der Waals surface area contributed by atoms with Crippen molar-refractivity contribution in [3.8, 4) is 0 Å². The Morgan fingerprint density at radius 2 is 2.00 bits per heavy atom. The molecule has 3 aromatic rings. The van der Waals surface area contributed by atoms with E-state index in [1.165, 1.54) is 17.8 Å². The van der Waals surface area contributed by atoms with E-state index in [-0.39, 0.29) is 27.9 Å². The van der Waals surface area contributed by atoms with E-state index < -0.39 is 15.9 Å². The first kappa shape index (κ1) is 18.3. The second-order valence-corrected chi connectivity index (χ2v) is 7.88.